The number of benzene rings is 1. The van der Waals surface area contributed by atoms with Gasteiger partial charge in [0.1, 0.15) is 6.04 Å². The normalized spacial score (nSPS) is 19.4. The fraction of sp³-hybridized carbons (Fsp3) is 0.333. The molecule has 3 heteroatoms. The van der Waals surface area contributed by atoms with Gasteiger partial charge in [0.25, 0.3) is 0 Å². The van der Waals surface area contributed by atoms with Crippen LogP contribution in [0, 0.1) is 4.91 Å². The summed E-state index contributed by atoms with van der Waals surface area (Å²) in [5.41, 5.74) is 3.64. The fourth-order valence-electron chi connectivity index (χ4n) is 2.70. The van der Waals surface area contributed by atoms with E-state index in [9.17, 15) is 4.91 Å². The van der Waals surface area contributed by atoms with Gasteiger partial charge in [0.2, 0.25) is 0 Å². The van der Waals surface area contributed by atoms with Crippen molar-refractivity contribution in [2.24, 2.45) is 12.2 Å². The Labute approximate surface area is 87.7 Å². The third-order valence-corrected chi connectivity index (χ3v) is 3.37. The van der Waals surface area contributed by atoms with E-state index in [1.807, 2.05) is 19.2 Å². The predicted octanol–water partition coefficient (Wildman–Crippen LogP) is 2.93. The summed E-state index contributed by atoms with van der Waals surface area (Å²) in [6.07, 6.45) is 1.85. The van der Waals surface area contributed by atoms with Gasteiger partial charge >= 0.3 is 0 Å². The van der Waals surface area contributed by atoms with Crippen LogP contribution < -0.4 is 0 Å². The molecule has 2 aromatic rings. The number of fused-ring (bicyclic) bond motifs is 3. The molecule has 1 heterocycles. The lowest BCUT2D eigenvalue weighted by Gasteiger charge is -2.04. The van der Waals surface area contributed by atoms with Gasteiger partial charge in [-0.25, -0.2) is 0 Å². The van der Waals surface area contributed by atoms with Crippen molar-refractivity contribution in [3.05, 3.63) is 40.4 Å². The summed E-state index contributed by atoms with van der Waals surface area (Å²) in [5.74, 6) is 0. The quantitative estimate of drug-likeness (QED) is 0.652. The van der Waals surface area contributed by atoms with Crippen LogP contribution in [0.3, 0.4) is 0 Å². The average molecular weight is 200 g/mol. The first-order valence-electron chi connectivity index (χ1n) is 5.21. The molecule has 1 atom stereocenters. The second kappa shape index (κ2) is 2.92. The maximum Gasteiger partial charge on any atom is 0.132 e. The number of nitroso groups, excluding NO2 is 1. The van der Waals surface area contributed by atoms with E-state index in [-0.39, 0.29) is 6.04 Å². The van der Waals surface area contributed by atoms with Crippen LogP contribution >= 0.6 is 0 Å². The van der Waals surface area contributed by atoms with Crippen molar-refractivity contribution >= 4 is 10.9 Å². The van der Waals surface area contributed by atoms with Crippen LogP contribution in [0.1, 0.15) is 23.7 Å². The molecular formula is C12H12N2O. The van der Waals surface area contributed by atoms with Gasteiger partial charge < -0.3 is 4.57 Å². The fourth-order valence-corrected chi connectivity index (χ4v) is 2.70. The van der Waals surface area contributed by atoms with Crippen LogP contribution in [0.4, 0.5) is 0 Å². The summed E-state index contributed by atoms with van der Waals surface area (Å²) in [7, 11) is 2.02. The topological polar surface area (TPSA) is 34.4 Å². The van der Waals surface area contributed by atoms with Crippen molar-refractivity contribution < 1.29 is 0 Å². The molecule has 1 aliphatic carbocycles. The number of hydrogen-bond donors (Lipinski definition) is 0. The third kappa shape index (κ3) is 1.00. The summed E-state index contributed by atoms with van der Waals surface area (Å²) >= 11 is 0. The highest BCUT2D eigenvalue weighted by atomic mass is 16.3. The van der Waals surface area contributed by atoms with Gasteiger partial charge in [0, 0.05) is 18.0 Å². The van der Waals surface area contributed by atoms with E-state index < -0.39 is 0 Å². The Kier molecular flexibility index (Phi) is 1.69. The minimum atomic E-state index is -0.141. The minimum Gasteiger partial charge on any atom is -0.345 e. The second-order valence-electron chi connectivity index (χ2n) is 4.10. The van der Waals surface area contributed by atoms with Crippen LogP contribution in [-0.2, 0) is 13.5 Å². The van der Waals surface area contributed by atoms with Gasteiger partial charge in [0.15, 0.2) is 0 Å². The van der Waals surface area contributed by atoms with Gasteiger partial charge in [-0.15, -0.1) is 0 Å². The van der Waals surface area contributed by atoms with E-state index in [2.05, 4.69) is 21.9 Å². The van der Waals surface area contributed by atoms with Crippen molar-refractivity contribution in [1.29, 1.82) is 0 Å². The minimum absolute atomic E-state index is 0.141. The first kappa shape index (κ1) is 8.65. The van der Waals surface area contributed by atoms with Crippen LogP contribution in [0.5, 0.6) is 0 Å². The number of aromatic nitrogens is 1. The lowest BCUT2D eigenvalue weighted by Crippen LogP contribution is -1.98. The highest BCUT2D eigenvalue weighted by Crippen LogP contribution is 2.39. The molecule has 0 aliphatic heterocycles. The van der Waals surface area contributed by atoms with E-state index in [1.54, 1.807) is 0 Å². The number of para-hydroxylation sites is 1. The van der Waals surface area contributed by atoms with E-state index in [0.29, 0.717) is 0 Å². The Balaban J connectivity index is 2.39. The van der Waals surface area contributed by atoms with Gasteiger partial charge in [0.05, 0.1) is 5.69 Å². The maximum absolute atomic E-state index is 10.7. The lowest BCUT2D eigenvalue weighted by atomic mass is 10.1. The molecule has 0 fully saturated rings. The molecule has 15 heavy (non-hydrogen) atoms. The molecule has 0 spiro atoms. The molecule has 0 bridgehead atoms. The third-order valence-electron chi connectivity index (χ3n) is 3.37. The summed E-state index contributed by atoms with van der Waals surface area (Å²) in [6, 6.07) is 8.15. The van der Waals surface area contributed by atoms with E-state index in [1.165, 1.54) is 16.5 Å². The zero-order chi connectivity index (χ0) is 10.4. The highest BCUT2D eigenvalue weighted by molar-refractivity contribution is 5.86. The molecule has 0 saturated carbocycles. The van der Waals surface area contributed by atoms with Crippen molar-refractivity contribution in [2.75, 3.05) is 0 Å². The molecule has 3 nitrogen and oxygen atoms in total. The van der Waals surface area contributed by atoms with Crippen LogP contribution in [-0.4, -0.2) is 4.57 Å². The molecule has 1 unspecified atom stereocenters. The monoisotopic (exact) mass is 200 g/mol. The zero-order valence-electron chi connectivity index (χ0n) is 8.60. The molecule has 1 aliphatic rings. The number of rotatable bonds is 1. The van der Waals surface area contributed by atoms with E-state index in [0.717, 1.165) is 18.5 Å². The Hall–Kier alpha value is -1.64. The second-order valence-corrected chi connectivity index (χ2v) is 4.10. The molecule has 76 valence electrons. The maximum atomic E-state index is 10.7. The lowest BCUT2D eigenvalue weighted by molar-refractivity contribution is 0.665. The SMILES string of the molecule is Cn1c2c(c3ccccc31)CCC2N=O. The predicted molar refractivity (Wildman–Crippen MR) is 59.8 cm³/mol. The molecular weight excluding hydrogens is 188 g/mol. The first-order valence-corrected chi connectivity index (χ1v) is 5.21. The van der Waals surface area contributed by atoms with Crippen molar-refractivity contribution in [1.82, 2.24) is 4.57 Å². The molecule has 1 aromatic carbocycles. The summed E-state index contributed by atoms with van der Waals surface area (Å²) in [4.78, 5) is 10.7. The molecule has 0 radical (unpaired) electrons. The van der Waals surface area contributed by atoms with Gasteiger partial charge in [-0.2, -0.15) is 4.91 Å². The molecule has 0 amide bonds. The van der Waals surface area contributed by atoms with Crippen molar-refractivity contribution in [3.63, 3.8) is 0 Å². The Morgan fingerprint density at radius 2 is 2.20 bits per heavy atom. The molecule has 0 saturated heterocycles. The Morgan fingerprint density at radius 1 is 1.40 bits per heavy atom. The van der Waals surface area contributed by atoms with Crippen LogP contribution in [0.2, 0.25) is 0 Å². The Morgan fingerprint density at radius 3 is 3.00 bits per heavy atom. The van der Waals surface area contributed by atoms with Gasteiger partial charge in [-0.3, -0.25) is 0 Å². The Bertz CT molecular complexity index is 542. The smallest absolute Gasteiger partial charge is 0.132 e. The van der Waals surface area contributed by atoms with E-state index in [4.69, 9.17) is 0 Å². The molecule has 1 aromatic heterocycles. The van der Waals surface area contributed by atoms with Crippen molar-refractivity contribution in [3.8, 4) is 0 Å². The number of nitrogens with zero attached hydrogens (tertiary/aromatic N) is 2. The standard InChI is InChI=1S/C12H12N2O/c1-14-11-5-3-2-4-8(11)9-6-7-10(13-15)12(9)14/h2-5,10H,6-7H2,1H3. The van der Waals surface area contributed by atoms with Crippen LogP contribution in [0.25, 0.3) is 10.9 Å². The summed E-state index contributed by atoms with van der Waals surface area (Å²) < 4.78 is 2.11. The summed E-state index contributed by atoms with van der Waals surface area (Å²) in [5, 5.41) is 4.49. The first-order chi connectivity index (χ1) is 7.33. The van der Waals surface area contributed by atoms with Gasteiger partial charge in [-0.05, 0) is 24.5 Å². The highest BCUT2D eigenvalue weighted by Gasteiger charge is 2.29. The average Bonchev–Trinajstić information content (AvgIpc) is 2.81. The van der Waals surface area contributed by atoms with Crippen molar-refractivity contribution in [2.45, 2.75) is 18.9 Å². The van der Waals surface area contributed by atoms with Gasteiger partial charge in [-0.1, -0.05) is 23.4 Å². The zero-order valence-corrected chi connectivity index (χ0v) is 8.60. The number of hydrogen-bond acceptors (Lipinski definition) is 2. The van der Waals surface area contributed by atoms with E-state index >= 15 is 0 Å². The summed E-state index contributed by atoms with van der Waals surface area (Å²) in [6.45, 7) is 0. The van der Waals surface area contributed by atoms with Crippen LogP contribution in [0.15, 0.2) is 29.4 Å². The number of aryl methyl sites for hydroxylation is 2. The molecule has 0 N–H and O–H groups in total. The largest absolute Gasteiger partial charge is 0.345 e. The molecule has 3 rings (SSSR count).